The van der Waals surface area contributed by atoms with Crippen molar-refractivity contribution >= 4 is 22.4 Å². The van der Waals surface area contributed by atoms with Crippen LogP contribution >= 0.6 is 0 Å². The van der Waals surface area contributed by atoms with E-state index in [1.807, 2.05) is 13.0 Å². The zero-order valence-electron chi connectivity index (χ0n) is 15.7. The molecule has 3 heterocycles. The number of rotatable bonds is 4. The van der Waals surface area contributed by atoms with E-state index in [-0.39, 0.29) is 5.82 Å². The highest BCUT2D eigenvalue weighted by Crippen LogP contribution is 2.29. The predicted octanol–water partition coefficient (Wildman–Crippen LogP) is 2.97. The van der Waals surface area contributed by atoms with E-state index in [9.17, 15) is 9.65 Å². The number of aryl methyl sites for hydroxylation is 1. The van der Waals surface area contributed by atoms with Gasteiger partial charge >= 0.3 is 0 Å². The van der Waals surface area contributed by atoms with Crippen molar-refractivity contribution in [3.05, 3.63) is 59.2 Å². The molecular weight excluding hydrogens is 355 g/mol. The maximum absolute atomic E-state index is 14.0. The Morgan fingerprint density at radius 1 is 1.25 bits per heavy atom. The minimum atomic E-state index is -0.338. The number of aromatic nitrogens is 2. The fraction of sp³-hybridized carbons (Fsp3) is 0.286. The predicted molar refractivity (Wildman–Crippen MR) is 108 cm³/mol. The van der Waals surface area contributed by atoms with Crippen LogP contribution in [0.4, 0.5) is 15.9 Å². The minimum Gasteiger partial charge on any atom is -0.379 e. The van der Waals surface area contributed by atoms with Gasteiger partial charge < -0.3 is 15.5 Å². The smallest absolute Gasteiger partial charge is 0.128 e. The Kier molecular flexibility index (Phi) is 5.04. The Bertz CT molecular complexity index is 1050. The first kappa shape index (κ1) is 18.1. The standard InChI is InChI=1S/C21H21FN6/c1-14-8-17(22)10-18-20(14)27-13-16(11-23)21(18)26-12-15-2-3-25-19(9-15)28-6-4-24-5-7-28/h2-3,8-10,13,24H,4-7,12H2,1H3,(H,26,27). The molecule has 28 heavy (non-hydrogen) atoms. The van der Waals surface area contributed by atoms with E-state index in [0.29, 0.717) is 28.7 Å². The number of halogens is 1. The number of hydrogen-bond donors (Lipinski definition) is 2. The van der Waals surface area contributed by atoms with Gasteiger partial charge in [0.25, 0.3) is 0 Å². The van der Waals surface area contributed by atoms with Gasteiger partial charge in [-0.15, -0.1) is 0 Å². The molecule has 7 heteroatoms. The molecule has 1 aliphatic rings. The summed E-state index contributed by atoms with van der Waals surface area (Å²) in [7, 11) is 0. The summed E-state index contributed by atoms with van der Waals surface area (Å²) in [6, 6.07) is 9.03. The summed E-state index contributed by atoms with van der Waals surface area (Å²) in [6.07, 6.45) is 3.34. The lowest BCUT2D eigenvalue weighted by Gasteiger charge is -2.28. The van der Waals surface area contributed by atoms with Crippen molar-refractivity contribution in [2.75, 3.05) is 36.4 Å². The summed E-state index contributed by atoms with van der Waals surface area (Å²) < 4.78 is 14.0. The Morgan fingerprint density at radius 2 is 2.07 bits per heavy atom. The first-order valence-electron chi connectivity index (χ1n) is 9.29. The molecule has 0 atom stereocenters. The van der Waals surface area contributed by atoms with E-state index in [1.54, 1.807) is 6.20 Å². The lowest BCUT2D eigenvalue weighted by atomic mass is 10.1. The van der Waals surface area contributed by atoms with Gasteiger partial charge in [-0.3, -0.25) is 4.98 Å². The number of hydrogen-bond acceptors (Lipinski definition) is 6. The van der Waals surface area contributed by atoms with Crippen molar-refractivity contribution < 1.29 is 4.39 Å². The number of piperazine rings is 1. The molecule has 1 saturated heterocycles. The molecule has 3 aromatic rings. The third-order valence-electron chi connectivity index (χ3n) is 4.97. The molecule has 4 rings (SSSR count). The molecule has 0 aliphatic carbocycles. The van der Waals surface area contributed by atoms with Gasteiger partial charge in [-0.1, -0.05) is 0 Å². The third kappa shape index (κ3) is 3.59. The largest absolute Gasteiger partial charge is 0.379 e. The number of benzene rings is 1. The second-order valence-corrected chi connectivity index (χ2v) is 6.89. The van der Waals surface area contributed by atoms with Crippen LogP contribution in [-0.4, -0.2) is 36.1 Å². The second kappa shape index (κ2) is 7.79. The Labute approximate surface area is 163 Å². The average molecular weight is 376 g/mol. The Balaban J connectivity index is 1.63. The number of anilines is 2. The van der Waals surface area contributed by atoms with E-state index in [4.69, 9.17) is 0 Å². The topological polar surface area (TPSA) is 76.9 Å². The quantitative estimate of drug-likeness (QED) is 0.729. The van der Waals surface area contributed by atoms with Crippen molar-refractivity contribution in [3.8, 4) is 6.07 Å². The highest BCUT2D eigenvalue weighted by Gasteiger charge is 2.14. The molecule has 142 valence electrons. The lowest BCUT2D eigenvalue weighted by Crippen LogP contribution is -2.43. The van der Waals surface area contributed by atoms with Crippen LogP contribution < -0.4 is 15.5 Å². The van der Waals surface area contributed by atoms with Crippen LogP contribution in [0.15, 0.2) is 36.7 Å². The second-order valence-electron chi connectivity index (χ2n) is 6.89. The van der Waals surface area contributed by atoms with Gasteiger partial charge in [-0.25, -0.2) is 9.37 Å². The molecule has 2 aromatic heterocycles. The highest BCUT2D eigenvalue weighted by molar-refractivity contribution is 5.95. The summed E-state index contributed by atoms with van der Waals surface area (Å²) in [4.78, 5) is 11.1. The van der Waals surface area contributed by atoms with Crippen molar-refractivity contribution in [1.29, 1.82) is 5.26 Å². The highest BCUT2D eigenvalue weighted by atomic mass is 19.1. The van der Waals surface area contributed by atoms with Crippen LogP contribution in [0.3, 0.4) is 0 Å². The van der Waals surface area contributed by atoms with Crippen molar-refractivity contribution in [3.63, 3.8) is 0 Å². The van der Waals surface area contributed by atoms with Gasteiger partial charge in [-0.2, -0.15) is 5.26 Å². The van der Waals surface area contributed by atoms with Gasteiger partial charge in [0.2, 0.25) is 0 Å². The molecule has 1 aromatic carbocycles. The summed E-state index contributed by atoms with van der Waals surface area (Å²) in [5, 5.41) is 16.8. The van der Waals surface area contributed by atoms with Crippen molar-refractivity contribution in [2.45, 2.75) is 13.5 Å². The molecule has 1 aliphatic heterocycles. The van der Waals surface area contributed by atoms with E-state index >= 15 is 0 Å². The molecule has 0 bridgehead atoms. The van der Waals surface area contributed by atoms with Gasteiger partial charge in [0.05, 0.1) is 16.8 Å². The fourth-order valence-electron chi connectivity index (χ4n) is 3.54. The maximum atomic E-state index is 14.0. The van der Waals surface area contributed by atoms with E-state index in [2.05, 4.69) is 37.6 Å². The summed E-state index contributed by atoms with van der Waals surface area (Å²) in [5.74, 6) is 0.609. The number of nitrogens with one attached hydrogen (secondary N) is 2. The molecule has 0 unspecified atom stereocenters. The van der Waals surface area contributed by atoms with Gasteiger partial charge in [0.1, 0.15) is 17.7 Å². The van der Waals surface area contributed by atoms with Crippen LogP contribution in [0.5, 0.6) is 0 Å². The zero-order valence-corrected chi connectivity index (χ0v) is 15.7. The van der Waals surface area contributed by atoms with E-state index in [1.165, 1.54) is 18.3 Å². The molecular formula is C21H21FN6. The lowest BCUT2D eigenvalue weighted by molar-refractivity contribution is 0.585. The van der Waals surface area contributed by atoms with Gasteiger partial charge in [0, 0.05) is 50.5 Å². The first-order chi connectivity index (χ1) is 13.7. The Morgan fingerprint density at radius 3 is 2.86 bits per heavy atom. The van der Waals surface area contributed by atoms with Crippen LogP contribution in [0.25, 0.3) is 10.9 Å². The first-order valence-corrected chi connectivity index (χ1v) is 9.29. The average Bonchev–Trinajstić information content (AvgIpc) is 2.72. The summed E-state index contributed by atoms with van der Waals surface area (Å²) in [5.41, 5.74) is 3.49. The van der Waals surface area contributed by atoms with Gasteiger partial charge in [0.15, 0.2) is 0 Å². The molecule has 6 nitrogen and oxygen atoms in total. The monoisotopic (exact) mass is 376 g/mol. The van der Waals surface area contributed by atoms with Gasteiger partial charge in [-0.05, 0) is 42.3 Å². The number of nitrogens with zero attached hydrogens (tertiary/aromatic N) is 4. The molecule has 1 fully saturated rings. The number of pyridine rings is 2. The van der Waals surface area contributed by atoms with E-state index < -0.39 is 0 Å². The summed E-state index contributed by atoms with van der Waals surface area (Å²) >= 11 is 0. The Hall–Kier alpha value is -3.24. The van der Waals surface area contributed by atoms with Crippen molar-refractivity contribution in [2.24, 2.45) is 0 Å². The fourth-order valence-corrected chi connectivity index (χ4v) is 3.54. The molecule has 0 spiro atoms. The summed E-state index contributed by atoms with van der Waals surface area (Å²) in [6.45, 7) is 6.07. The van der Waals surface area contributed by atoms with Crippen molar-refractivity contribution in [1.82, 2.24) is 15.3 Å². The minimum absolute atomic E-state index is 0.338. The van der Waals surface area contributed by atoms with Crippen LogP contribution in [0.2, 0.25) is 0 Å². The normalized spacial score (nSPS) is 14.1. The van der Waals surface area contributed by atoms with Crippen LogP contribution in [-0.2, 0) is 6.54 Å². The molecule has 0 amide bonds. The zero-order chi connectivity index (χ0) is 19.5. The molecule has 2 N–H and O–H groups in total. The maximum Gasteiger partial charge on any atom is 0.128 e. The number of nitriles is 1. The number of fused-ring (bicyclic) bond motifs is 1. The van der Waals surface area contributed by atoms with Crippen LogP contribution in [0, 0.1) is 24.1 Å². The molecule has 0 radical (unpaired) electrons. The SMILES string of the molecule is Cc1cc(F)cc2c(NCc3ccnc(N4CCNCC4)c3)c(C#N)cnc12. The van der Waals surface area contributed by atoms with Crippen LogP contribution in [0.1, 0.15) is 16.7 Å². The van der Waals surface area contributed by atoms with E-state index in [0.717, 1.165) is 43.1 Å². The third-order valence-corrected chi connectivity index (χ3v) is 4.97. The molecule has 0 saturated carbocycles.